The summed E-state index contributed by atoms with van der Waals surface area (Å²) in [4.78, 5) is 13.4. The van der Waals surface area contributed by atoms with E-state index in [2.05, 4.69) is 0 Å². The third kappa shape index (κ3) is 2.81. The highest BCUT2D eigenvalue weighted by molar-refractivity contribution is 7.98. The molecule has 0 heterocycles. The van der Waals surface area contributed by atoms with E-state index in [4.69, 9.17) is 5.73 Å². The molecule has 0 saturated heterocycles. The van der Waals surface area contributed by atoms with Crippen molar-refractivity contribution in [2.45, 2.75) is 11.4 Å². The number of thioether (sulfide) groups is 1. The topological polar surface area (TPSA) is 43.1 Å². The van der Waals surface area contributed by atoms with Gasteiger partial charge in [-0.2, -0.15) is 0 Å². The molecular formula is C15H15NOS. The van der Waals surface area contributed by atoms with Crippen LogP contribution in [0.2, 0.25) is 0 Å². The number of carbonyl (C=O) groups excluding carboxylic acids is 1. The van der Waals surface area contributed by atoms with Crippen molar-refractivity contribution in [3.63, 3.8) is 0 Å². The third-order valence-corrected chi connectivity index (χ3v) is 3.52. The minimum atomic E-state index is 0.0398. The van der Waals surface area contributed by atoms with Crippen LogP contribution >= 0.6 is 11.8 Å². The molecule has 0 aliphatic heterocycles. The molecule has 2 N–H and O–H groups in total. The van der Waals surface area contributed by atoms with Crippen LogP contribution < -0.4 is 5.73 Å². The van der Waals surface area contributed by atoms with Gasteiger partial charge in [0.2, 0.25) is 0 Å². The summed E-state index contributed by atoms with van der Waals surface area (Å²) < 4.78 is 0. The van der Waals surface area contributed by atoms with E-state index in [0.29, 0.717) is 17.7 Å². The van der Waals surface area contributed by atoms with Crippen LogP contribution in [0.5, 0.6) is 0 Å². The molecule has 0 aliphatic rings. The van der Waals surface area contributed by atoms with Gasteiger partial charge in [0.25, 0.3) is 0 Å². The first kappa shape index (κ1) is 12.9. The average Bonchev–Trinajstić information content (AvgIpc) is 2.46. The number of rotatable bonds is 4. The third-order valence-electron chi connectivity index (χ3n) is 2.78. The van der Waals surface area contributed by atoms with Crippen molar-refractivity contribution in [3.05, 3.63) is 65.2 Å². The largest absolute Gasteiger partial charge is 0.326 e. The Bertz CT molecular complexity index is 549. The molecule has 3 heteroatoms. The maximum atomic E-state index is 12.3. The molecule has 2 aromatic carbocycles. The zero-order valence-electron chi connectivity index (χ0n) is 10.2. The molecule has 0 aromatic heterocycles. The minimum absolute atomic E-state index is 0.0398. The maximum Gasteiger partial charge on any atom is 0.193 e. The smallest absolute Gasteiger partial charge is 0.193 e. The Hall–Kier alpha value is -1.58. The Balaban J connectivity index is 2.29. The quantitative estimate of drug-likeness (QED) is 0.676. The van der Waals surface area contributed by atoms with Crippen molar-refractivity contribution in [1.29, 1.82) is 0 Å². The Morgan fingerprint density at radius 2 is 1.83 bits per heavy atom. The predicted molar refractivity (Wildman–Crippen MR) is 76.0 cm³/mol. The molecule has 0 bridgehead atoms. The van der Waals surface area contributed by atoms with E-state index >= 15 is 0 Å². The van der Waals surface area contributed by atoms with Gasteiger partial charge in [0, 0.05) is 22.6 Å². The first-order chi connectivity index (χ1) is 8.74. The van der Waals surface area contributed by atoms with E-state index in [0.717, 1.165) is 10.5 Å². The Morgan fingerprint density at radius 1 is 1.11 bits per heavy atom. The lowest BCUT2D eigenvalue weighted by molar-refractivity contribution is 0.103. The van der Waals surface area contributed by atoms with Crippen molar-refractivity contribution in [2.75, 3.05) is 6.26 Å². The van der Waals surface area contributed by atoms with E-state index in [1.165, 1.54) is 0 Å². The normalized spacial score (nSPS) is 10.3. The highest BCUT2D eigenvalue weighted by atomic mass is 32.2. The molecule has 0 aliphatic carbocycles. The molecule has 0 radical (unpaired) electrons. The van der Waals surface area contributed by atoms with Crippen LogP contribution in [0.3, 0.4) is 0 Å². The number of nitrogens with two attached hydrogens (primary N) is 1. The number of ketones is 1. The van der Waals surface area contributed by atoms with E-state index < -0.39 is 0 Å². The lowest BCUT2D eigenvalue weighted by atomic mass is 10.0. The number of carbonyl (C=O) groups is 1. The van der Waals surface area contributed by atoms with Crippen LogP contribution in [0, 0.1) is 0 Å². The molecule has 0 saturated carbocycles. The van der Waals surface area contributed by atoms with Gasteiger partial charge in [0.15, 0.2) is 5.78 Å². The summed E-state index contributed by atoms with van der Waals surface area (Å²) in [6.45, 7) is 0.451. The highest BCUT2D eigenvalue weighted by Crippen LogP contribution is 2.17. The van der Waals surface area contributed by atoms with Crippen molar-refractivity contribution < 1.29 is 4.79 Å². The second-order valence-corrected chi connectivity index (χ2v) is 4.84. The number of benzene rings is 2. The fourth-order valence-electron chi connectivity index (χ4n) is 1.75. The minimum Gasteiger partial charge on any atom is -0.326 e. The Labute approximate surface area is 111 Å². The van der Waals surface area contributed by atoms with Gasteiger partial charge in [-0.15, -0.1) is 11.8 Å². The van der Waals surface area contributed by atoms with Crippen LogP contribution in [0.25, 0.3) is 0 Å². The standard InChI is InChI=1S/C15H15NOS/c1-18-14-7-5-12(6-8-14)15(17)13-4-2-3-11(9-13)10-16/h2-9H,10,16H2,1H3. The lowest BCUT2D eigenvalue weighted by Gasteiger charge is -2.04. The molecule has 2 rings (SSSR count). The summed E-state index contributed by atoms with van der Waals surface area (Å²) in [5.74, 6) is 0.0398. The Kier molecular flexibility index (Phi) is 4.18. The van der Waals surface area contributed by atoms with Gasteiger partial charge >= 0.3 is 0 Å². The van der Waals surface area contributed by atoms with Gasteiger partial charge in [-0.25, -0.2) is 0 Å². The summed E-state index contributed by atoms with van der Waals surface area (Å²) in [5, 5.41) is 0. The molecule has 0 fully saturated rings. The zero-order valence-corrected chi connectivity index (χ0v) is 11.0. The summed E-state index contributed by atoms with van der Waals surface area (Å²) >= 11 is 1.66. The summed E-state index contributed by atoms with van der Waals surface area (Å²) in [6, 6.07) is 15.1. The highest BCUT2D eigenvalue weighted by Gasteiger charge is 2.09. The van der Waals surface area contributed by atoms with E-state index in [9.17, 15) is 4.79 Å². The number of hydrogen-bond donors (Lipinski definition) is 1. The molecule has 0 atom stereocenters. The van der Waals surface area contributed by atoms with Crippen LogP contribution in [-0.2, 0) is 6.54 Å². The fraction of sp³-hybridized carbons (Fsp3) is 0.133. The first-order valence-electron chi connectivity index (χ1n) is 5.72. The molecule has 0 spiro atoms. The van der Waals surface area contributed by atoms with Gasteiger partial charge in [-0.3, -0.25) is 4.79 Å². The van der Waals surface area contributed by atoms with Gasteiger partial charge < -0.3 is 5.73 Å². The molecular weight excluding hydrogens is 242 g/mol. The first-order valence-corrected chi connectivity index (χ1v) is 6.95. The monoisotopic (exact) mass is 257 g/mol. The lowest BCUT2D eigenvalue weighted by Crippen LogP contribution is -2.03. The molecule has 0 amide bonds. The molecule has 0 unspecified atom stereocenters. The van der Waals surface area contributed by atoms with Crippen molar-refractivity contribution in [2.24, 2.45) is 5.73 Å². The van der Waals surface area contributed by atoms with Crippen molar-refractivity contribution >= 4 is 17.5 Å². The van der Waals surface area contributed by atoms with Crippen LogP contribution in [-0.4, -0.2) is 12.0 Å². The van der Waals surface area contributed by atoms with Crippen LogP contribution in [0.1, 0.15) is 21.5 Å². The van der Waals surface area contributed by atoms with Crippen molar-refractivity contribution in [1.82, 2.24) is 0 Å². The van der Waals surface area contributed by atoms with Gasteiger partial charge in [-0.05, 0) is 42.2 Å². The molecule has 2 aromatic rings. The summed E-state index contributed by atoms with van der Waals surface area (Å²) in [7, 11) is 0. The van der Waals surface area contributed by atoms with E-state index in [1.54, 1.807) is 11.8 Å². The van der Waals surface area contributed by atoms with Gasteiger partial charge in [0.1, 0.15) is 0 Å². The van der Waals surface area contributed by atoms with E-state index in [-0.39, 0.29) is 5.78 Å². The van der Waals surface area contributed by atoms with Crippen LogP contribution in [0.15, 0.2) is 53.4 Å². The fourth-order valence-corrected chi connectivity index (χ4v) is 2.16. The zero-order chi connectivity index (χ0) is 13.0. The van der Waals surface area contributed by atoms with Gasteiger partial charge in [-0.1, -0.05) is 18.2 Å². The van der Waals surface area contributed by atoms with Crippen LogP contribution in [0.4, 0.5) is 0 Å². The Morgan fingerprint density at radius 3 is 2.44 bits per heavy atom. The second kappa shape index (κ2) is 5.85. The summed E-state index contributed by atoms with van der Waals surface area (Å²) in [6.07, 6.45) is 2.02. The average molecular weight is 257 g/mol. The molecule has 18 heavy (non-hydrogen) atoms. The SMILES string of the molecule is CSc1ccc(C(=O)c2cccc(CN)c2)cc1. The predicted octanol–water partition coefficient (Wildman–Crippen LogP) is 3.10. The second-order valence-electron chi connectivity index (χ2n) is 3.96. The molecule has 92 valence electrons. The maximum absolute atomic E-state index is 12.3. The summed E-state index contributed by atoms with van der Waals surface area (Å²) in [5.41, 5.74) is 7.95. The molecule has 2 nitrogen and oxygen atoms in total. The van der Waals surface area contributed by atoms with Gasteiger partial charge in [0.05, 0.1) is 0 Å². The number of hydrogen-bond acceptors (Lipinski definition) is 3. The van der Waals surface area contributed by atoms with Crippen molar-refractivity contribution in [3.8, 4) is 0 Å². The van der Waals surface area contributed by atoms with E-state index in [1.807, 2.05) is 54.8 Å².